The van der Waals surface area contributed by atoms with E-state index in [0.717, 1.165) is 111 Å². The van der Waals surface area contributed by atoms with E-state index in [4.69, 9.17) is 15.7 Å². The normalized spacial score (nSPS) is 25.0. The number of aromatic nitrogens is 5. The van der Waals surface area contributed by atoms with E-state index in [1.165, 1.54) is 10.5 Å². The van der Waals surface area contributed by atoms with E-state index in [2.05, 4.69) is 58.2 Å². The Bertz CT molecular complexity index is 2770. The number of carbonyl (C=O) groups is 3. The molecular weight excluding hydrogens is 955 g/mol. The van der Waals surface area contributed by atoms with Crippen LogP contribution in [0, 0.1) is 18.3 Å². The molecule has 18 nitrogen and oxygen atoms in total. The number of phenols is 1. The largest absolute Gasteiger partial charge is 0.507 e. The summed E-state index contributed by atoms with van der Waals surface area (Å²) in [5.74, 6) is 1.34. The highest BCUT2D eigenvalue weighted by Gasteiger charge is 2.45. The van der Waals surface area contributed by atoms with Gasteiger partial charge in [-0.15, -0.1) is 21.5 Å². The average molecular weight is 1030 g/mol. The molecular formula is C55H71N13O5S. The first kappa shape index (κ1) is 51.4. The second kappa shape index (κ2) is 22.0. The van der Waals surface area contributed by atoms with Gasteiger partial charge in [-0.05, 0) is 91.2 Å². The molecule has 1 saturated carbocycles. The molecule has 392 valence electrons. The summed E-state index contributed by atoms with van der Waals surface area (Å²) in [5, 5.41) is 39.5. The minimum atomic E-state index is -0.877. The fraction of sp³-hybridized carbons (Fsp3) is 0.527. The SMILES string of the molecule is Cc1ncsc1-c1ccc(CNC(=O)[C@@H]2C[C@@H](O)CN2C(=O)C(NC(=O)CN2CCN(C3CCC(c4cnc(CC5CC6CN(c7cc(-c8ccccc8O)nnc7N)CC5N6)nc4)CC3)CC2)C(C)(C)C)cc1. The number of carbonyl (C=O) groups excluding carboxylic acids is 3. The zero-order valence-electron chi connectivity index (χ0n) is 43.0. The van der Waals surface area contributed by atoms with Crippen LogP contribution >= 0.6 is 11.3 Å². The van der Waals surface area contributed by atoms with Crippen LogP contribution in [0.15, 0.2) is 72.5 Å². The van der Waals surface area contributed by atoms with Crippen LogP contribution in [0.1, 0.15) is 87.9 Å². The summed E-state index contributed by atoms with van der Waals surface area (Å²) in [6.45, 7) is 13.1. The van der Waals surface area contributed by atoms with Gasteiger partial charge in [0.05, 0.1) is 40.1 Å². The fourth-order valence-electron chi connectivity index (χ4n) is 12.0. The predicted octanol–water partition coefficient (Wildman–Crippen LogP) is 4.52. The van der Waals surface area contributed by atoms with Gasteiger partial charge in [0.25, 0.3) is 0 Å². The zero-order valence-corrected chi connectivity index (χ0v) is 43.8. The molecule has 5 aliphatic rings. The lowest BCUT2D eigenvalue weighted by molar-refractivity contribution is -0.144. The number of benzene rings is 2. The van der Waals surface area contributed by atoms with E-state index in [1.54, 1.807) is 23.5 Å². The van der Waals surface area contributed by atoms with Crippen molar-refractivity contribution < 1.29 is 24.6 Å². The van der Waals surface area contributed by atoms with Crippen molar-refractivity contribution in [3.8, 4) is 27.4 Å². The molecule has 7 N–H and O–H groups in total. The van der Waals surface area contributed by atoms with Crippen molar-refractivity contribution in [2.45, 2.75) is 121 Å². The van der Waals surface area contributed by atoms with Gasteiger partial charge < -0.3 is 41.7 Å². The number of β-amino-alcohol motifs (C(OH)–C–C–N with tert-alkyl or cyclic N) is 1. The Morgan fingerprint density at radius 1 is 0.919 bits per heavy atom. The number of aryl methyl sites for hydroxylation is 1. The average Bonchev–Trinajstić information content (AvgIpc) is 4.10. The molecule has 74 heavy (non-hydrogen) atoms. The number of nitrogens with zero attached hydrogens (tertiary/aromatic N) is 9. The summed E-state index contributed by atoms with van der Waals surface area (Å²) >= 11 is 1.59. The van der Waals surface area contributed by atoms with Crippen LogP contribution in [0.2, 0.25) is 0 Å². The molecule has 3 amide bonds. The first-order valence-electron chi connectivity index (χ1n) is 26.4. The van der Waals surface area contributed by atoms with E-state index in [0.29, 0.717) is 41.0 Å². The van der Waals surface area contributed by atoms with Crippen LogP contribution in [0.3, 0.4) is 0 Å². The number of para-hydroxylation sites is 1. The Morgan fingerprint density at radius 3 is 2.36 bits per heavy atom. The highest BCUT2D eigenvalue weighted by Crippen LogP contribution is 2.38. The third-order valence-electron chi connectivity index (χ3n) is 16.1. The Balaban J connectivity index is 0.657. The van der Waals surface area contributed by atoms with E-state index >= 15 is 0 Å². The Morgan fingerprint density at radius 2 is 1.66 bits per heavy atom. The molecule has 6 atom stereocenters. The molecule has 0 spiro atoms. The smallest absolute Gasteiger partial charge is 0.246 e. The molecule has 0 radical (unpaired) electrons. The Labute approximate surface area is 437 Å². The molecule has 5 aromatic rings. The number of phenolic OH excluding ortho intramolecular Hbond substituents is 1. The third kappa shape index (κ3) is 11.6. The van der Waals surface area contributed by atoms with E-state index in [9.17, 15) is 24.6 Å². The third-order valence-corrected chi connectivity index (χ3v) is 17.1. The molecule has 4 aliphatic heterocycles. The number of hydrogen-bond acceptors (Lipinski definition) is 16. The number of likely N-dealkylation sites (tertiary alicyclic amines) is 1. The lowest BCUT2D eigenvalue weighted by Gasteiger charge is -2.42. The Hall–Kier alpha value is -6.12. The van der Waals surface area contributed by atoms with Gasteiger partial charge in [0.1, 0.15) is 23.7 Å². The minimum absolute atomic E-state index is 0.0296. The number of aliphatic hydroxyl groups is 1. The van der Waals surface area contributed by atoms with Crippen molar-refractivity contribution in [3.05, 3.63) is 95.1 Å². The number of piperazine rings is 2. The molecule has 4 saturated heterocycles. The number of nitrogens with one attached hydrogen (secondary N) is 3. The van der Waals surface area contributed by atoms with Crippen LogP contribution in [0.25, 0.3) is 21.7 Å². The summed E-state index contributed by atoms with van der Waals surface area (Å²) in [5.41, 5.74) is 13.8. The second-order valence-electron chi connectivity index (χ2n) is 22.3. The standard InChI is InChI=1S/C55H71N13O5S/c1-33-50(74-32-60-33)36-11-9-34(10-12-36)25-59-53(72)46-23-41(69)29-68(46)54(73)51(55(2,3)4)62-49(71)31-65-17-19-66(20-18-65)40-15-13-35(14-16-40)38-26-57-48(58-27-38)22-37-21-39-28-67(30-44(37)61-39)45-24-43(63-64-52(45)56)42-7-5-6-8-47(42)70/h5-12,24,26-27,32,35,37,39-41,44,46,51,61,69-70H,13-23,25,28-31H2,1-4H3,(H2,56,64)(H,59,72)(H,62,71)/t35?,37?,39?,40?,41-,44?,46+,51?/m1/s1. The number of aromatic hydroxyl groups is 1. The maximum atomic E-state index is 14.2. The summed E-state index contributed by atoms with van der Waals surface area (Å²) in [6, 6.07) is 16.4. The Kier molecular flexibility index (Phi) is 15.3. The van der Waals surface area contributed by atoms with Gasteiger partial charge in [-0.3, -0.25) is 24.2 Å². The van der Waals surface area contributed by atoms with Crippen molar-refractivity contribution in [3.63, 3.8) is 0 Å². The number of rotatable bonds is 14. The number of nitrogens with two attached hydrogens (primary N) is 1. The fourth-order valence-corrected chi connectivity index (χ4v) is 12.8. The van der Waals surface area contributed by atoms with Crippen molar-refractivity contribution in [1.82, 2.24) is 55.8 Å². The lowest BCUT2D eigenvalue weighted by Crippen LogP contribution is -2.59. The van der Waals surface area contributed by atoms with Crippen molar-refractivity contribution in [1.29, 1.82) is 0 Å². The van der Waals surface area contributed by atoms with Crippen LogP contribution in [-0.2, 0) is 27.3 Å². The molecule has 2 bridgehead atoms. The van der Waals surface area contributed by atoms with E-state index in [-0.39, 0.29) is 55.6 Å². The van der Waals surface area contributed by atoms with Gasteiger partial charge in [0, 0.05) is 101 Å². The van der Waals surface area contributed by atoms with Crippen LogP contribution in [-0.4, -0.2) is 156 Å². The maximum absolute atomic E-state index is 14.2. The summed E-state index contributed by atoms with van der Waals surface area (Å²) < 4.78 is 0. The highest BCUT2D eigenvalue weighted by atomic mass is 32.1. The van der Waals surface area contributed by atoms with Gasteiger partial charge in [0.15, 0.2) is 5.82 Å². The minimum Gasteiger partial charge on any atom is -0.507 e. The zero-order chi connectivity index (χ0) is 51.7. The van der Waals surface area contributed by atoms with E-state index in [1.807, 2.05) is 75.7 Å². The number of nitrogen functional groups attached to an aromatic ring is 1. The molecule has 10 rings (SSSR count). The maximum Gasteiger partial charge on any atom is 0.246 e. The highest BCUT2D eigenvalue weighted by molar-refractivity contribution is 7.13. The van der Waals surface area contributed by atoms with Crippen molar-refractivity contribution in [2.24, 2.45) is 11.3 Å². The van der Waals surface area contributed by atoms with Crippen LogP contribution in [0.4, 0.5) is 11.5 Å². The number of fused-ring (bicyclic) bond motifs is 2. The van der Waals surface area contributed by atoms with Gasteiger partial charge in [-0.2, -0.15) is 0 Å². The topological polar surface area (TPSA) is 231 Å². The molecule has 4 unspecified atom stereocenters. The molecule has 7 heterocycles. The van der Waals surface area contributed by atoms with Crippen molar-refractivity contribution >= 4 is 40.6 Å². The van der Waals surface area contributed by atoms with Crippen molar-refractivity contribution in [2.75, 3.05) is 63.0 Å². The van der Waals surface area contributed by atoms with E-state index < -0.39 is 23.6 Å². The number of hydrogen-bond donors (Lipinski definition) is 6. The quantitative estimate of drug-likeness (QED) is 0.0899. The number of amides is 3. The molecule has 3 aromatic heterocycles. The molecule has 1 aliphatic carbocycles. The molecule has 2 aromatic carbocycles. The number of aliphatic hydroxyl groups excluding tert-OH is 1. The summed E-state index contributed by atoms with van der Waals surface area (Å²) in [6.07, 6.45) is 9.62. The lowest BCUT2D eigenvalue weighted by atomic mass is 9.82. The van der Waals surface area contributed by atoms with Gasteiger partial charge in [-0.25, -0.2) is 15.0 Å². The second-order valence-corrected chi connectivity index (χ2v) is 23.1. The molecule has 19 heteroatoms. The van der Waals surface area contributed by atoms with Gasteiger partial charge in [0.2, 0.25) is 17.7 Å². The monoisotopic (exact) mass is 1030 g/mol. The van der Waals surface area contributed by atoms with Crippen LogP contribution in [0.5, 0.6) is 5.75 Å². The number of anilines is 2. The summed E-state index contributed by atoms with van der Waals surface area (Å²) in [7, 11) is 0. The molecule has 5 fully saturated rings. The van der Waals surface area contributed by atoms with Crippen LogP contribution < -0.4 is 26.6 Å². The van der Waals surface area contributed by atoms with Gasteiger partial charge in [-0.1, -0.05) is 57.2 Å². The predicted molar refractivity (Wildman–Crippen MR) is 285 cm³/mol. The first-order chi connectivity index (χ1) is 35.6. The summed E-state index contributed by atoms with van der Waals surface area (Å²) in [4.78, 5) is 65.3. The number of thiazole rings is 1. The van der Waals surface area contributed by atoms with Gasteiger partial charge >= 0.3 is 0 Å². The first-order valence-corrected chi connectivity index (χ1v) is 27.3.